The average Bonchev–Trinajstić information content (AvgIpc) is 2.24. The van der Waals surface area contributed by atoms with E-state index in [9.17, 15) is 14.4 Å². The number of nitrogens with zero attached hydrogens (tertiary/aromatic N) is 2. The van der Waals surface area contributed by atoms with E-state index in [0.717, 1.165) is 12.2 Å². The standard InChI is InChI=1S/C8H8N2O5/c1-6(8(14)15-3-2-11)7(9-4-12)10-5-13/h11H,2-3H2,1H3. The molecule has 0 rings (SSSR count). The van der Waals surface area contributed by atoms with Crippen LogP contribution in [0.2, 0.25) is 0 Å². The van der Waals surface area contributed by atoms with Crippen molar-refractivity contribution >= 4 is 18.1 Å². The first-order valence-electron chi connectivity index (χ1n) is 3.82. The van der Waals surface area contributed by atoms with Crippen molar-refractivity contribution in [1.82, 2.24) is 0 Å². The summed E-state index contributed by atoms with van der Waals surface area (Å²) in [6.45, 7) is 0.734. The van der Waals surface area contributed by atoms with E-state index in [1.165, 1.54) is 6.92 Å². The summed E-state index contributed by atoms with van der Waals surface area (Å²) in [6, 6.07) is 0. The molecule has 0 bridgehead atoms. The molecule has 0 atom stereocenters. The van der Waals surface area contributed by atoms with Gasteiger partial charge in [0, 0.05) is 0 Å². The highest BCUT2D eigenvalue weighted by Crippen LogP contribution is 2.07. The van der Waals surface area contributed by atoms with Crippen molar-refractivity contribution in [2.24, 2.45) is 9.98 Å². The van der Waals surface area contributed by atoms with Gasteiger partial charge in [0.1, 0.15) is 6.61 Å². The Morgan fingerprint density at radius 2 is 1.87 bits per heavy atom. The molecule has 7 heteroatoms. The molecule has 0 aromatic carbocycles. The smallest absolute Gasteiger partial charge is 0.337 e. The van der Waals surface area contributed by atoms with Gasteiger partial charge in [-0.3, -0.25) is 0 Å². The monoisotopic (exact) mass is 212 g/mol. The zero-order valence-corrected chi connectivity index (χ0v) is 7.89. The molecule has 0 amide bonds. The molecule has 15 heavy (non-hydrogen) atoms. The quantitative estimate of drug-likeness (QED) is 0.284. The highest BCUT2D eigenvalue weighted by atomic mass is 16.5. The number of isocyanates is 2. The van der Waals surface area contributed by atoms with Crippen LogP contribution in [-0.2, 0) is 19.1 Å². The van der Waals surface area contributed by atoms with Crippen molar-refractivity contribution in [3.63, 3.8) is 0 Å². The molecule has 80 valence electrons. The Morgan fingerprint density at radius 1 is 1.33 bits per heavy atom. The van der Waals surface area contributed by atoms with Crippen molar-refractivity contribution in [2.45, 2.75) is 6.92 Å². The summed E-state index contributed by atoms with van der Waals surface area (Å²) in [5.41, 5.74) is -0.143. The molecule has 0 aliphatic rings. The van der Waals surface area contributed by atoms with Gasteiger partial charge in [0.05, 0.1) is 12.2 Å². The zero-order valence-electron chi connectivity index (χ0n) is 7.89. The minimum atomic E-state index is -0.836. The summed E-state index contributed by atoms with van der Waals surface area (Å²) in [6.07, 6.45) is 2.26. The summed E-state index contributed by atoms with van der Waals surface area (Å²) in [7, 11) is 0. The van der Waals surface area contributed by atoms with Crippen LogP contribution in [0.1, 0.15) is 6.92 Å². The number of aliphatic hydroxyl groups excluding tert-OH is 1. The highest BCUT2D eigenvalue weighted by Gasteiger charge is 2.11. The number of esters is 1. The first-order valence-corrected chi connectivity index (χ1v) is 3.82. The minimum Gasteiger partial charge on any atom is -0.460 e. The van der Waals surface area contributed by atoms with Crippen molar-refractivity contribution in [1.29, 1.82) is 0 Å². The molecular weight excluding hydrogens is 204 g/mol. The van der Waals surface area contributed by atoms with Crippen LogP contribution < -0.4 is 0 Å². The normalized spacial score (nSPS) is 8.13. The number of rotatable bonds is 5. The maximum absolute atomic E-state index is 11.1. The molecule has 0 fully saturated rings. The maximum Gasteiger partial charge on any atom is 0.337 e. The lowest BCUT2D eigenvalue weighted by Gasteiger charge is -2.02. The summed E-state index contributed by atoms with van der Waals surface area (Å²) >= 11 is 0. The van der Waals surface area contributed by atoms with Gasteiger partial charge in [0.2, 0.25) is 12.2 Å². The number of carbonyl (C=O) groups is 1. The van der Waals surface area contributed by atoms with E-state index in [1.807, 2.05) is 0 Å². The number of carbonyl (C=O) groups excluding carboxylic acids is 3. The largest absolute Gasteiger partial charge is 0.460 e. The fourth-order valence-corrected chi connectivity index (χ4v) is 0.617. The zero-order chi connectivity index (χ0) is 11.7. The second-order valence-corrected chi connectivity index (χ2v) is 2.21. The van der Waals surface area contributed by atoms with Crippen molar-refractivity contribution < 1.29 is 24.2 Å². The van der Waals surface area contributed by atoms with Gasteiger partial charge in [0.25, 0.3) is 0 Å². The molecule has 0 saturated heterocycles. The van der Waals surface area contributed by atoms with Crippen LogP contribution in [-0.4, -0.2) is 36.4 Å². The van der Waals surface area contributed by atoms with Gasteiger partial charge >= 0.3 is 5.97 Å². The van der Waals surface area contributed by atoms with E-state index < -0.39 is 11.8 Å². The first-order chi connectivity index (χ1) is 7.17. The topological polar surface area (TPSA) is 105 Å². The van der Waals surface area contributed by atoms with Crippen LogP contribution in [0.25, 0.3) is 0 Å². The van der Waals surface area contributed by atoms with E-state index in [2.05, 4.69) is 14.7 Å². The molecule has 7 nitrogen and oxygen atoms in total. The Bertz CT molecular complexity index is 341. The Morgan fingerprint density at radius 3 is 2.27 bits per heavy atom. The third-order valence-corrected chi connectivity index (χ3v) is 1.27. The first kappa shape index (κ1) is 12.9. The third-order valence-electron chi connectivity index (χ3n) is 1.27. The van der Waals surface area contributed by atoms with Gasteiger partial charge < -0.3 is 9.84 Å². The van der Waals surface area contributed by atoms with Crippen LogP contribution in [0.5, 0.6) is 0 Å². The second kappa shape index (κ2) is 7.34. The molecule has 0 saturated carbocycles. The van der Waals surface area contributed by atoms with E-state index in [1.54, 1.807) is 0 Å². The minimum absolute atomic E-state index is 0.143. The number of hydrogen-bond acceptors (Lipinski definition) is 7. The molecule has 0 radical (unpaired) electrons. The van der Waals surface area contributed by atoms with E-state index in [0.29, 0.717) is 0 Å². The Labute approximate surface area is 84.8 Å². The van der Waals surface area contributed by atoms with E-state index in [-0.39, 0.29) is 18.8 Å². The van der Waals surface area contributed by atoms with Gasteiger partial charge in [-0.1, -0.05) is 0 Å². The SMILES string of the molecule is CC(C(=O)OCCO)=C(N=C=O)N=C=O. The molecule has 0 aromatic heterocycles. The van der Waals surface area contributed by atoms with Crippen LogP contribution in [0.4, 0.5) is 0 Å². The molecule has 0 unspecified atom stereocenters. The van der Waals surface area contributed by atoms with Gasteiger partial charge in [-0.2, -0.15) is 0 Å². The Kier molecular flexibility index (Phi) is 6.33. The Balaban J connectivity index is 4.91. The number of hydrogen-bond donors (Lipinski definition) is 1. The highest BCUT2D eigenvalue weighted by molar-refractivity contribution is 5.88. The second-order valence-electron chi connectivity index (χ2n) is 2.21. The molecule has 0 aliphatic heterocycles. The summed E-state index contributed by atoms with van der Waals surface area (Å²) in [5.74, 6) is -1.25. The number of ether oxygens (including phenoxy) is 1. The molecule has 0 spiro atoms. The van der Waals surface area contributed by atoms with Crippen LogP contribution >= 0.6 is 0 Å². The van der Waals surface area contributed by atoms with E-state index >= 15 is 0 Å². The molecule has 1 N–H and O–H groups in total. The Hall–Kier alpha value is -2.07. The van der Waals surface area contributed by atoms with Gasteiger partial charge in [-0.15, -0.1) is 9.98 Å². The average molecular weight is 212 g/mol. The summed E-state index contributed by atoms with van der Waals surface area (Å²) in [5, 5.41) is 8.38. The predicted octanol–water partition coefficient (Wildman–Crippen LogP) is -0.575. The van der Waals surface area contributed by atoms with Crippen molar-refractivity contribution in [2.75, 3.05) is 13.2 Å². The van der Waals surface area contributed by atoms with E-state index in [4.69, 9.17) is 5.11 Å². The third kappa shape index (κ3) is 4.64. The summed E-state index contributed by atoms with van der Waals surface area (Å²) in [4.78, 5) is 37.0. The van der Waals surface area contributed by atoms with Crippen LogP contribution in [0.3, 0.4) is 0 Å². The fraction of sp³-hybridized carbons (Fsp3) is 0.375. The number of aliphatic imine (C=N–C) groups is 2. The molecular formula is C8H8N2O5. The fourth-order valence-electron chi connectivity index (χ4n) is 0.617. The van der Waals surface area contributed by atoms with Crippen LogP contribution in [0.15, 0.2) is 21.4 Å². The molecule has 0 heterocycles. The van der Waals surface area contributed by atoms with Gasteiger partial charge in [-0.25, -0.2) is 14.4 Å². The lowest BCUT2D eigenvalue weighted by Crippen LogP contribution is -2.10. The number of aliphatic hydroxyl groups is 1. The predicted molar refractivity (Wildman–Crippen MR) is 47.0 cm³/mol. The lowest BCUT2D eigenvalue weighted by molar-refractivity contribution is -0.140. The van der Waals surface area contributed by atoms with Crippen molar-refractivity contribution in [3.8, 4) is 0 Å². The molecule has 0 aromatic rings. The maximum atomic E-state index is 11.1. The van der Waals surface area contributed by atoms with Gasteiger partial charge in [0.15, 0.2) is 5.82 Å². The van der Waals surface area contributed by atoms with Gasteiger partial charge in [-0.05, 0) is 6.92 Å². The molecule has 0 aliphatic carbocycles. The van der Waals surface area contributed by atoms with Crippen molar-refractivity contribution in [3.05, 3.63) is 11.4 Å². The lowest BCUT2D eigenvalue weighted by atomic mass is 10.3. The summed E-state index contributed by atoms with van der Waals surface area (Å²) < 4.78 is 4.50. The van der Waals surface area contributed by atoms with Crippen LogP contribution in [0, 0.1) is 0 Å².